The number of nitrogens with one attached hydrogen (secondary N) is 1. The van der Waals surface area contributed by atoms with E-state index < -0.39 is 5.91 Å². The fraction of sp³-hybridized carbons (Fsp3) is 0.200. The number of ether oxygens (including phenoxy) is 1. The summed E-state index contributed by atoms with van der Waals surface area (Å²) in [5, 5.41) is 21.8. The molecule has 0 unspecified atom stereocenters. The van der Waals surface area contributed by atoms with Crippen molar-refractivity contribution in [1.29, 1.82) is 5.26 Å². The Hall–Kier alpha value is -3.26. The monoisotopic (exact) mass is 336 g/mol. The number of anilines is 1. The van der Waals surface area contributed by atoms with Crippen LogP contribution in [0.2, 0.25) is 0 Å². The molecule has 0 aliphatic heterocycles. The van der Waals surface area contributed by atoms with Crippen molar-refractivity contribution in [2.75, 3.05) is 11.9 Å². The minimum absolute atomic E-state index is 0.0154. The van der Waals surface area contributed by atoms with Crippen molar-refractivity contribution < 1.29 is 14.6 Å². The smallest absolute Gasteiger partial charge is 0.266 e. The fourth-order valence-corrected chi connectivity index (χ4v) is 2.39. The number of aryl methyl sites for hydroxylation is 2. The lowest BCUT2D eigenvalue weighted by molar-refractivity contribution is -0.112. The van der Waals surface area contributed by atoms with Crippen molar-refractivity contribution in [3.8, 4) is 17.6 Å². The van der Waals surface area contributed by atoms with E-state index in [0.717, 1.165) is 0 Å². The van der Waals surface area contributed by atoms with Crippen LogP contribution in [-0.2, 0) is 4.79 Å². The zero-order chi connectivity index (χ0) is 18.4. The zero-order valence-corrected chi connectivity index (χ0v) is 14.5. The van der Waals surface area contributed by atoms with Crippen molar-refractivity contribution in [2.45, 2.75) is 20.8 Å². The van der Waals surface area contributed by atoms with Crippen LogP contribution in [0.3, 0.4) is 0 Å². The first-order chi connectivity index (χ1) is 11.9. The van der Waals surface area contributed by atoms with Crippen LogP contribution in [-0.4, -0.2) is 17.6 Å². The maximum atomic E-state index is 12.3. The number of amides is 1. The predicted molar refractivity (Wildman–Crippen MR) is 97.4 cm³/mol. The topological polar surface area (TPSA) is 82.3 Å². The molecule has 0 heterocycles. The third kappa shape index (κ3) is 4.61. The van der Waals surface area contributed by atoms with Crippen LogP contribution in [0.5, 0.6) is 11.5 Å². The molecule has 1 amide bonds. The molecule has 0 fully saturated rings. The maximum absolute atomic E-state index is 12.3. The first-order valence-electron chi connectivity index (χ1n) is 7.90. The third-order valence-corrected chi connectivity index (χ3v) is 3.61. The van der Waals surface area contributed by atoms with Crippen LogP contribution in [0.25, 0.3) is 6.08 Å². The molecule has 0 radical (unpaired) electrons. The Bertz CT molecular complexity index is 823. The summed E-state index contributed by atoms with van der Waals surface area (Å²) in [5.74, 6) is 0.441. The van der Waals surface area contributed by atoms with Gasteiger partial charge in [0, 0.05) is 5.69 Å². The Morgan fingerprint density at radius 3 is 2.36 bits per heavy atom. The normalized spacial score (nSPS) is 10.9. The maximum Gasteiger partial charge on any atom is 0.266 e. The first-order valence-corrected chi connectivity index (χ1v) is 7.90. The molecule has 25 heavy (non-hydrogen) atoms. The highest BCUT2D eigenvalue weighted by Gasteiger charge is 2.11. The first kappa shape index (κ1) is 18.1. The second-order valence-electron chi connectivity index (χ2n) is 5.58. The number of aromatic hydroxyl groups is 1. The molecule has 2 N–H and O–H groups in total. The molecule has 0 bridgehead atoms. The van der Waals surface area contributed by atoms with Crippen LogP contribution in [0, 0.1) is 25.2 Å². The van der Waals surface area contributed by atoms with E-state index >= 15 is 0 Å². The van der Waals surface area contributed by atoms with Gasteiger partial charge in [0.2, 0.25) is 0 Å². The molecule has 5 nitrogen and oxygen atoms in total. The lowest BCUT2D eigenvalue weighted by Gasteiger charge is -2.08. The number of carbonyl (C=O) groups excluding carboxylic acids is 1. The highest BCUT2D eigenvalue weighted by molar-refractivity contribution is 6.09. The van der Waals surface area contributed by atoms with Gasteiger partial charge >= 0.3 is 0 Å². The van der Waals surface area contributed by atoms with Crippen molar-refractivity contribution in [3.63, 3.8) is 0 Å². The summed E-state index contributed by atoms with van der Waals surface area (Å²) < 4.78 is 5.35. The largest absolute Gasteiger partial charge is 0.507 e. The Morgan fingerprint density at radius 2 is 1.84 bits per heavy atom. The predicted octanol–water partition coefficient (Wildman–Crippen LogP) is 3.95. The summed E-state index contributed by atoms with van der Waals surface area (Å²) in [6, 6.07) is 12.3. The van der Waals surface area contributed by atoms with E-state index in [-0.39, 0.29) is 11.3 Å². The minimum Gasteiger partial charge on any atom is -0.507 e. The average molecular weight is 336 g/mol. The molecule has 128 valence electrons. The van der Waals surface area contributed by atoms with Gasteiger partial charge in [-0.25, -0.2) is 0 Å². The lowest BCUT2D eigenvalue weighted by atomic mass is 10.0. The summed E-state index contributed by atoms with van der Waals surface area (Å²) >= 11 is 0. The minimum atomic E-state index is -0.491. The molecule has 5 heteroatoms. The lowest BCUT2D eigenvalue weighted by Crippen LogP contribution is -2.13. The van der Waals surface area contributed by atoms with Gasteiger partial charge in [0.05, 0.1) is 6.61 Å². The van der Waals surface area contributed by atoms with Crippen LogP contribution in [0.1, 0.15) is 23.6 Å². The van der Waals surface area contributed by atoms with Crippen LogP contribution in [0.4, 0.5) is 5.69 Å². The van der Waals surface area contributed by atoms with Crippen molar-refractivity contribution in [2.24, 2.45) is 0 Å². The number of benzene rings is 2. The Morgan fingerprint density at radius 1 is 1.24 bits per heavy atom. The van der Waals surface area contributed by atoms with Gasteiger partial charge in [-0.15, -0.1) is 0 Å². The molecular formula is C20H20N2O3. The van der Waals surface area contributed by atoms with E-state index in [2.05, 4.69) is 5.32 Å². The van der Waals surface area contributed by atoms with E-state index in [1.54, 1.807) is 50.2 Å². The second-order valence-corrected chi connectivity index (χ2v) is 5.58. The van der Waals surface area contributed by atoms with E-state index in [1.807, 2.05) is 13.0 Å². The molecule has 0 atom stereocenters. The van der Waals surface area contributed by atoms with Crippen LogP contribution < -0.4 is 10.1 Å². The Kier molecular flexibility index (Phi) is 5.80. The second kappa shape index (κ2) is 8.02. The molecule has 0 spiro atoms. The van der Waals surface area contributed by atoms with Gasteiger partial charge in [-0.2, -0.15) is 5.26 Å². The van der Waals surface area contributed by atoms with E-state index in [0.29, 0.717) is 34.7 Å². The number of nitriles is 1. The van der Waals surface area contributed by atoms with Gasteiger partial charge in [-0.3, -0.25) is 4.79 Å². The molecule has 0 aliphatic carbocycles. The number of hydrogen-bond donors (Lipinski definition) is 2. The van der Waals surface area contributed by atoms with Gasteiger partial charge < -0.3 is 15.2 Å². The van der Waals surface area contributed by atoms with Gasteiger partial charge in [0.15, 0.2) is 0 Å². The van der Waals surface area contributed by atoms with Crippen LogP contribution >= 0.6 is 0 Å². The van der Waals surface area contributed by atoms with Crippen molar-refractivity contribution >= 4 is 17.7 Å². The summed E-state index contributed by atoms with van der Waals surface area (Å²) in [5.41, 5.74) is 2.63. The number of hydrogen-bond acceptors (Lipinski definition) is 4. The zero-order valence-electron chi connectivity index (χ0n) is 14.5. The molecule has 0 saturated heterocycles. The molecule has 2 aromatic rings. The summed E-state index contributed by atoms with van der Waals surface area (Å²) in [4.78, 5) is 12.3. The summed E-state index contributed by atoms with van der Waals surface area (Å²) in [6.45, 7) is 6.00. The van der Waals surface area contributed by atoms with Gasteiger partial charge in [-0.05, 0) is 79.9 Å². The standard InChI is InChI=1S/C20H20N2O3/c1-4-25-18-7-5-17(6-8-18)22-20(24)16(12-21)11-15-9-13(2)19(23)14(3)10-15/h5-11,23H,4H2,1-3H3,(H,22,24)/b16-11+. The highest BCUT2D eigenvalue weighted by atomic mass is 16.5. The third-order valence-electron chi connectivity index (χ3n) is 3.61. The van der Waals surface area contributed by atoms with Gasteiger partial charge in [-0.1, -0.05) is 0 Å². The molecule has 0 aliphatic rings. The van der Waals surface area contributed by atoms with Crippen molar-refractivity contribution in [1.82, 2.24) is 0 Å². The van der Waals surface area contributed by atoms with E-state index in [1.165, 1.54) is 6.08 Å². The number of phenols is 1. The summed E-state index contributed by atoms with van der Waals surface area (Å²) in [7, 11) is 0. The molecule has 2 aromatic carbocycles. The number of rotatable bonds is 5. The number of carbonyl (C=O) groups is 1. The van der Waals surface area contributed by atoms with E-state index in [9.17, 15) is 15.2 Å². The van der Waals surface area contributed by atoms with Crippen LogP contribution in [0.15, 0.2) is 42.0 Å². The quantitative estimate of drug-likeness (QED) is 0.640. The Labute approximate surface area is 147 Å². The number of nitrogens with zero attached hydrogens (tertiary/aromatic N) is 1. The van der Waals surface area contributed by atoms with Gasteiger partial charge in [0.25, 0.3) is 5.91 Å². The average Bonchev–Trinajstić information content (AvgIpc) is 2.59. The SMILES string of the molecule is CCOc1ccc(NC(=O)/C(C#N)=C/c2cc(C)c(O)c(C)c2)cc1. The van der Waals surface area contributed by atoms with Crippen molar-refractivity contribution in [3.05, 3.63) is 58.7 Å². The molecule has 2 rings (SSSR count). The van der Waals surface area contributed by atoms with Gasteiger partial charge in [0.1, 0.15) is 23.1 Å². The molecule has 0 saturated carbocycles. The summed E-state index contributed by atoms with van der Waals surface area (Å²) in [6.07, 6.45) is 1.50. The highest BCUT2D eigenvalue weighted by Crippen LogP contribution is 2.24. The Balaban J connectivity index is 2.19. The molecular weight excluding hydrogens is 316 g/mol. The fourth-order valence-electron chi connectivity index (χ4n) is 2.39. The molecule has 0 aromatic heterocycles. The number of phenolic OH excluding ortho intramolecular Hbond substituents is 1. The van der Waals surface area contributed by atoms with E-state index in [4.69, 9.17) is 4.74 Å².